The lowest BCUT2D eigenvalue weighted by Gasteiger charge is -2.49. The summed E-state index contributed by atoms with van der Waals surface area (Å²) in [6.45, 7) is 31.1. The number of benzene rings is 1. The van der Waals surface area contributed by atoms with Crippen molar-refractivity contribution < 1.29 is 41.0 Å². The van der Waals surface area contributed by atoms with Gasteiger partial charge in [-0.05, 0) is 62.9 Å². The zero-order chi connectivity index (χ0) is 41.1. The number of esters is 1. The number of carboxylic acid groups (broad SMARTS) is 1. The second-order valence-electron chi connectivity index (χ2n) is 18.9. The zero-order valence-corrected chi connectivity index (χ0v) is 35.3. The SMILES string of the molecule is CCC(C)(/C(=C/C(C)(C)C(C)/C(=C/C(C)(C)C)C(=O)OCCNS(=O)(=O)C(F)(F)F)C(=O)O)C(C)(C)CC(c1ccc(C(C)(C)C)cc1)C(C)(C)C. The number of carbonyl (C=O) groups is 2. The fourth-order valence-electron chi connectivity index (χ4n) is 6.58. The Hall–Kier alpha value is -2.66. The summed E-state index contributed by atoms with van der Waals surface area (Å²) in [6.07, 6.45) is 4.69. The quantitative estimate of drug-likeness (QED) is 0.105. The van der Waals surface area contributed by atoms with E-state index < -0.39 is 68.2 Å². The van der Waals surface area contributed by atoms with Crippen LogP contribution < -0.4 is 4.72 Å². The van der Waals surface area contributed by atoms with Gasteiger partial charge in [-0.15, -0.1) is 0 Å². The number of alkyl halides is 3. The van der Waals surface area contributed by atoms with Crippen molar-refractivity contribution in [2.45, 2.75) is 140 Å². The molecular weight excluding hydrogens is 692 g/mol. The van der Waals surface area contributed by atoms with Gasteiger partial charge in [0.2, 0.25) is 0 Å². The smallest absolute Gasteiger partial charge is 0.478 e. The molecule has 7 nitrogen and oxygen atoms in total. The molecule has 0 saturated carbocycles. The number of hydrogen-bond donors (Lipinski definition) is 2. The minimum atomic E-state index is -5.59. The van der Waals surface area contributed by atoms with Crippen LogP contribution in [-0.2, 0) is 29.8 Å². The average Bonchev–Trinajstić information content (AvgIpc) is 2.96. The molecule has 1 aromatic carbocycles. The summed E-state index contributed by atoms with van der Waals surface area (Å²) < 4.78 is 67.6. The maximum absolute atomic E-state index is 13.5. The molecule has 298 valence electrons. The molecule has 52 heavy (non-hydrogen) atoms. The van der Waals surface area contributed by atoms with E-state index in [-0.39, 0.29) is 27.9 Å². The highest BCUT2D eigenvalue weighted by Gasteiger charge is 2.49. The number of hydrogen-bond acceptors (Lipinski definition) is 5. The largest absolute Gasteiger partial charge is 0.511 e. The van der Waals surface area contributed by atoms with Gasteiger partial charge in [0, 0.05) is 23.1 Å². The number of allylic oxidation sites excluding steroid dienone is 2. The first-order valence-electron chi connectivity index (χ1n) is 18.1. The number of carboxylic acids is 1. The van der Waals surface area contributed by atoms with E-state index >= 15 is 0 Å². The summed E-state index contributed by atoms with van der Waals surface area (Å²) in [7, 11) is -5.59. The topological polar surface area (TPSA) is 110 Å². The van der Waals surface area contributed by atoms with Crippen molar-refractivity contribution in [3.8, 4) is 0 Å². The van der Waals surface area contributed by atoms with E-state index in [1.807, 2.05) is 48.5 Å². The summed E-state index contributed by atoms with van der Waals surface area (Å²) in [5.74, 6) is -2.37. The maximum Gasteiger partial charge on any atom is 0.511 e. The van der Waals surface area contributed by atoms with Crippen molar-refractivity contribution >= 4 is 22.0 Å². The fraction of sp³-hybridized carbons (Fsp3) is 0.707. The van der Waals surface area contributed by atoms with E-state index in [1.165, 1.54) is 15.8 Å². The van der Waals surface area contributed by atoms with Gasteiger partial charge in [-0.25, -0.2) is 22.7 Å². The van der Waals surface area contributed by atoms with Gasteiger partial charge in [0.15, 0.2) is 0 Å². The molecule has 0 aliphatic carbocycles. The molecule has 3 unspecified atom stereocenters. The normalized spacial score (nSPS) is 17.0. The van der Waals surface area contributed by atoms with Crippen LogP contribution in [-0.4, -0.2) is 44.1 Å². The Balaban J connectivity index is 3.65. The van der Waals surface area contributed by atoms with Crippen LogP contribution in [0.15, 0.2) is 47.6 Å². The minimum absolute atomic E-state index is 0.0105. The molecule has 0 radical (unpaired) electrons. The predicted molar refractivity (Wildman–Crippen MR) is 204 cm³/mol. The molecule has 0 spiro atoms. The van der Waals surface area contributed by atoms with Gasteiger partial charge < -0.3 is 9.84 Å². The van der Waals surface area contributed by atoms with Crippen molar-refractivity contribution in [3.63, 3.8) is 0 Å². The first-order valence-corrected chi connectivity index (χ1v) is 19.6. The molecule has 0 bridgehead atoms. The Labute approximate surface area is 312 Å². The van der Waals surface area contributed by atoms with Crippen LogP contribution in [0.4, 0.5) is 13.2 Å². The average molecular weight is 758 g/mol. The minimum Gasteiger partial charge on any atom is -0.478 e. The van der Waals surface area contributed by atoms with Gasteiger partial charge in [0.1, 0.15) is 6.61 Å². The predicted octanol–water partition coefficient (Wildman–Crippen LogP) is 10.6. The highest BCUT2D eigenvalue weighted by atomic mass is 32.2. The Kier molecular flexibility index (Phi) is 14.9. The molecule has 0 aliphatic rings. The molecule has 0 heterocycles. The van der Waals surface area contributed by atoms with Gasteiger partial charge in [0.05, 0.1) is 0 Å². The van der Waals surface area contributed by atoms with E-state index in [2.05, 4.69) is 79.7 Å². The van der Waals surface area contributed by atoms with Crippen LogP contribution in [0.1, 0.15) is 141 Å². The lowest BCUT2D eigenvalue weighted by Crippen LogP contribution is -2.42. The third kappa shape index (κ3) is 12.2. The Morgan fingerprint density at radius 2 is 1.37 bits per heavy atom. The lowest BCUT2D eigenvalue weighted by molar-refractivity contribution is -0.139. The molecule has 11 heteroatoms. The summed E-state index contributed by atoms with van der Waals surface area (Å²) in [5.41, 5.74) is -5.50. The molecule has 0 aliphatic heterocycles. The number of ether oxygens (including phenoxy) is 1. The van der Waals surface area contributed by atoms with Crippen LogP contribution in [0.2, 0.25) is 0 Å². The number of sulfonamides is 1. The van der Waals surface area contributed by atoms with Crippen molar-refractivity contribution in [1.82, 2.24) is 4.72 Å². The summed E-state index contributed by atoms with van der Waals surface area (Å²) in [4.78, 5) is 26.7. The number of nitrogens with one attached hydrogen (secondary N) is 1. The first-order chi connectivity index (χ1) is 23.0. The van der Waals surface area contributed by atoms with Crippen molar-refractivity contribution in [1.29, 1.82) is 0 Å². The fourth-order valence-corrected chi connectivity index (χ4v) is 7.09. The summed E-state index contributed by atoms with van der Waals surface area (Å²) in [5, 5.41) is 10.9. The monoisotopic (exact) mass is 757 g/mol. The van der Waals surface area contributed by atoms with Crippen molar-refractivity contribution in [3.05, 3.63) is 58.7 Å². The van der Waals surface area contributed by atoms with Gasteiger partial charge >= 0.3 is 27.5 Å². The zero-order valence-electron chi connectivity index (χ0n) is 34.5. The van der Waals surface area contributed by atoms with E-state index in [0.717, 1.165) is 0 Å². The third-order valence-corrected chi connectivity index (χ3v) is 12.0. The maximum atomic E-state index is 13.5. The molecule has 1 aromatic rings. The second kappa shape index (κ2) is 16.4. The van der Waals surface area contributed by atoms with Gasteiger partial charge in [-0.1, -0.05) is 147 Å². The highest BCUT2D eigenvalue weighted by molar-refractivity contribution is 7.90. The molecule has 0 saturated heterocycles. The van der Waals surface area contributed by atoms with E-state index in [9.17, 15) is 36.3 Å². The van der Waals surface area contributed by atoms with Gasteiger partial charge in [0.25, 0.3) is 0 Å². The standard InChI is InChI=1S/C41H66F3NO6S/c1-17-40(16,39(14,15)26-31(37(9,10)11)28-18-20-29(21-19-28)36(6,7)8)32(33(46)47)25-38(12,13)27(2)30(24-35(3,4)5)34(48)51-23-22-45-52(49,50)41(42,43)44/h18-21,24-25,27,31,45H,17,22-23,26H2,1-16H3,(H,46,47)/b30-24-,32-25+. The van der Waals surface area contributed by atoms with Crippen LogP contribution in [0.5, 0.6) is 0 Å². The molecule has 0 aromatic heterocycles. The summed E-state index contributed by atoms with van der Waals surface area (Å²) >= 11 is 0. The van der Waals surface area contributed by atoms with Gasteiger partial charge in [-0.3, -0.25) is 0 Å². The van der Waals surface area contributed by atoms with Crippen molar-refractivity contribution in [2.24, 2.45) is 33.0 Å². The number of halogens is 3. The Bertz CT molecular complexity index is 1570. The van der Waals surface area contributed by atoms with Crippen LogP contribution in [0, 0.1) is 33.0 Å². The van der Waals surface area contributed by atoms with Crippen molar-refractivity contribution in [2.75, 3.05) is 13.2 Å². The molecule has 1 rings (SSSR count). The molecule has 0 amide bonds. The molecular formula is C41H66F3NO6S. The number of aliphatic carboxylic acids is 1. The molecule has 3 atom stereocenters. The van der Waals surface area contributed by atoms with E-state index in [1.54, 1.807) is 19.1 Å². The van der Waals surface area contributed by atoms with E-state index in [0.29, 0.717) is 12.8 Å². The van der Waals surface area contributed by atoms with Crippen LogP contribution >= 0.6 is 0 Å². The third-order valence-electron chi connectivity index (χ3n) is 10.8. The number of carbonyl (C=O) groups excluding carboxylic acids is 1. The summed E-state index contributed by atoms with van der Waals surface area (Å²) in [6, 6.07) is 8.76. The highest BCUT2D eigenvalue weighted by Crippen LogP contribution is 2.56. The molecule has 0 fully saturated rings. The Morgan fingerprint density at radius 3 is 1.75 bits per heavy atom. The van der Waals surface area contributed by atoms with Gasteiger partial charge in [-0.2, -0.15) is 13.2 Å². The lowest BCUT2D eigenvalue weighted by atomic mass is 9.55. The second-order valence-corrected chi connectivity index (χ2v) is 20.7. The van der Waals surface area contributed by atoms with Crippen LogP contribution in [0.25, 0.3) is 0 Å². The molecule has 2 N–H and O–H groups in total. The first kappa shape index (κ1) is 47.4. The Morgan fingerprint density at radius 1 is 0.865 bits per heavy atom. The van der Waals surface area contributed by atoms with E-state index in [4.69, 9.17) is 4.74 Å². The van der Waals surface area contributed by atoms with Crippen LogP contribution in [0.3, 0.4) is 0 Å². The number of rotatable bonds is 15.